The van der Waals surface area contributed by atoms with Crippen molar-refractivity contribution in [2.24, 2.45) is 35.5 Å². The van der Waals surface area contributed by atoms with Gasteiger partial charge in [0.1, 0.15) is 11.4 Å². The molecule has 4 amide bonds. The molecular weight excluding hydrogens is 915 g/mol. The van der Waals surface area contributed by atoms with Crippen molar-refractivity contribution >= 4 is 52.1 Å². The molecule has 0 saturated carbocycles. The first-order valence-corrected chi connectivity index (χ1v) is 26.6. The number of likely N-dealkylation sites (N-methyl/N-ethyl adjacent to an activating group) is 2. The first-order valence-electron chi connectivity index (χ1n) is 26.6. The predicted octanol–water partition coefficient (Wildman–Crippen LogP) is 8.22. The molecule has 0 radical (unpaired) electrons. The Morgan fingerprint density at radius 2 is 1.49 bits per heavy atom. The van der Waals surface area contributed by atoms with Gasteiger partial charge in [0.25, 0.3) is 11.8 Å². The summed E-state index contributed by atoms with van der Waals surface area (Å²) in [6, 6.07) is 6.60. The SMILES string of the molecule is CC[C@H](C)[C@@H]([C@@H](CC(=O)N1CCC[C@H]1[C@H](OC)[C@@H](C)C(=O)C[C@@H](Cc1c[nH]c2ccccc12)C(=O)OC(C)(C)C)OC)N(C)C(=O)[C@@H](CC(=O)[C@H](C(C)C)N(C)CCCCCCN1C(=O)C=CC1=O)C(C)C. The molecule has 1 aromatic heterocycles. The van der Waals surface area contributed by atoms with Crippen LogP contribution < -0.4 is 0 Å². The lowest BCUT2D eigenvalue weighted by Crippen LogP contribution is -2.54. The molecule has 402 valence electrons. The molecule has 1 aromatic carbocycles. The van der Waals surface area contributed by atoms with Crippen LogP contribution in [0.5, 0.6) is 0 Å². The van der Waals surface area contributed by atoms with Gasteiger partial charge in [-0.3, -0.25) is 43.4 Å². The van der Waals surface area contributed by atoms with Crippen molar-refractivity contribution in [1.82, 2.24) is 24.6 Å². The Labute approximate surface area is 430 Å². The Balaban J connectivity index is 1.43. The number of carbonyl (C=O) groups is 7. The van der Waals surface area contributed by atoms with E-state index in [4.69, 9.17) is 14.2 Å². The highest BCUT2D eigenvalue weighted by Gasteiger charge is 2.44. The van der Waals surface area contributed by atoms with E-state index in [1.165, 1.54) is 17.1 Å². The van der Waals surface area contributed by atoms with Gasteiger partial charge in [-0.25, -0.2) is 0 Å². The molecular formula is C57H89N5O10. The first kappa shape index (κ1) is 59.8. The maximum absolute atomic E-state index is 14.7. The van der Waals surface area contributed by atoms with Crippen LogP contribution in [-0.2, 0) is 54.2 Å². The molecule has 15 heteroatoms. The van der Waals surface area contributed by atoms with Crippen LogP contribution in [0.25, 0.3) is 10.9 Å². The third-order valence-corrected chi connectivity index (χ3v) is 15.2. The summed E-state index contributed by atoms with van der Waals surface area (Å²) in [6.45, 7) is 20.9. The number of ether oxygens (including phenoxy) is 3. The van der Waals surface area contributed by atoms with E-state index in [1.807, 2.05) is 97.8 Å². The number of hydrogen-bond acceptors (Lipinski definition) is 11. The number of fused-ring (bicyclic) bond motifs is 1. The van der Waals surface area contributed by atoms with E-state index in [-0.39, 0.29) is 78.3 Å². The number of ketones is 2. The van der Waals surface area contributed by atoms with E-state index in [2.05, 4.69) is 23.7 Å². The second-order valence-corrected chi connectivity index (χ2v) is 22.3. The fraction of sp³-hybridized carbons (Fsp3) is 0.702. The highest BCUT2D eigenvalue weighted by Crippen LogP contribution is 2.33. The summed E-state index contributed by atoms with van der Waals surface area (Å²) in [5.41, 5.74) is 1.13. The number of unbranched alkanes of at least 4 members (excludes halogenated alkanes) is 3. The van der Waals surface area contributed by atoms with Crippen LogP contribution in [0.3, 0.4) is 0 Å². The van der Waals surface area contributed by atoms with Gasteiger partial charge in [-0.15, -0.1) is 0 Å². The van der Waals surface area contributed by atoms with Gasteiger partial charge in [0.2, 0.25) is 11.8 Å². The predicted molar refractivity (Wildman–Crippen MR) is 281 cm³/mol. The summed E-state index contributed by atoms with van der Waals surface area (Å²) in [5, 5.41) is 0.986. The number of rotatable bonds is 30. The van der Waals surface area contributed by atoms with Crippen molar-refractivity contribution in [3.8, 4) is 0 Å². The van der Waals surface area contributed by atoms with Crippen molar-refractivity contribution in [1.29, 1.82) is 0 Å². The molecule has 72 heavy (non-hydrogen) atoms. The number of methoxy groups -OCH3 is 2. The third-order valence-electron chi connectivity index (χ3n) is 15.2. The van der Waals surface area contributed by atoms with Crippen molar-refractivity contribution in [3.05, 3.63) is 48.2 Å². The van der Waals surface area contributed by atoms with Gasteiger partial charge in [0, 0.05) is 88.3 Å². The van der Waals surface area contributed by atoms with Crippen LogP contribution in [0.4, 0.5) is 0 Å². The van der Waals surface area contributed by atoms with Crippen molar-refractivity contribution in [2.45, 2.75) is 176 Å². The highest BCUT2D eigenvalue weighted by atomic mass is 16.6. The molecule has 2 aromatic rings. The minimum Gasteiger partial charge on any atom is -0.460 e. The Kier molecular flexibility index (Phi) is 22.9. The van der Waals surface area contributed by atoms with E-state index in [0.29, 0.717) is 32.5 Å². The maximum Gasteiger partial charge on any atom is 0.310 e. The van der Waals surface area contributed by atoms with Gasteiger partial charge in [-0.1, -0.05) is 85.9 Å². The number of aromatic amines is 1. The van der Waals surface area contributed by atoms with E-state index in [1.54, 1.807) is 26.2 Å². The molecule has 2 aliphatic heterocycles. The van der Waals surface area contributed by atoms with E-state index < -0.39 is 53.6 Å². The molecule has 15 nitrogen and oxygen atoms in total. The quantitative estimate of drug-likeness (QED) is 0.0454. The van der Waals surface area contributed by atoms with Gasteiger partial charge in [-0.05, 0) is 95.9 Å². The Bertz CT molecular complexity index is 2160. The lowest BCUT2D eigenvalue weighted by molar-refractivity contribution is -0.161. The Morgan fingerprint density at radius 1 is 0.833 bits per heavy atom. The van der Waals surface area contributed by atoms with Crippen molar-refractivity contribution in [3.63, 3.8) is 0 Å². The molecule has 1 saturated heterocycles. The van der Waals surface area contributed by atoms with Gasteiger partial charge >= 0.3 is 5.97 Å². The molecule has 9 atom stereocenters. The summed E-state index contributed by atoms with van der Waals surface area (Å²) in [7, 11) is 6.86. The number of carbonyl (C=O) groups excluding carboxylic acids is 7. The fourth-order valence-corrected chi connectivity index (χ4v) is 11.1. The number of benzene rings is 1. The third kappa shape index (κ3) is 15.9. The average molecular weight is 1000 g/mol. The normalized spacial score (nSPS) is 18.7. The number of para-hydroxylation sites is 1. The number of H-pyrrole nitrogens is 1. The lowest BCUT2D eigenvalue weighted by Gasteiger charge is -2.41. The molecule has 1 fully saturated rings. The second kappa shape index (κ2) is 27.5. The van der Waals surface area contributed by atoms with Gasteiger partial charge in [0.05, 0.1) is 42.7 Å². The second-order valence-electron chi connectivity index (χ2n) is 22.3. The Hall–Kier alpha value is -4.73. The number of nitrogens with zero attached hydrogens (tertiary/aromatic N) is 4. The summed E-state index contributed by atoms with van der Waals surface area (Å²) < 4.78 is 18.1. The number of hydrogen-bond donors (Lipinski definition) is 1. The van der Waals surface area contributed by atoms with Crippen molar-refractivity contribution < 1.29 is 47.8 Å². The number of aromatic nitrogens is 1. The van der Waals surface area contributed by atoms with Crippen LogP contribution in [-0.4, -0.2) is 150 Å². The zero-order chi connectivity index (χ0) is 53.6. The summed E-state index contributed by atoms with van der Waals surface area (Å²) >= 11 is 0. The summed E-state index contributed by atoms with van der Waals surface area (Å²) in [5.74, 6) is -3.56. The maximum atomic E-state index is 14.7. The molecule has 0 unspecified atom stereocenters. The number of imide groups is 1. The van der Waals surface area contributed by atoms with E-state index in [9.17, 15) is 33.6 Å². The number of esters is 1. The number of Topliss-reactive ketones (excluding diaryl/α,β-unsaturated/α-hetero) is 2. The van der Waals surface area contributed by atoms with Crippen LogP contribution in [0.15, 0.2) is 42.6 Å². The number of likely N-dealkylation sites (tertiary alicyclic amines) is 1. The first-order chi connectivity index (χ1) is 33.9. The van der Waals surface area contributed by atoms with Crippen molar-refractivity contribution in [2.75, 3.05) is 47.9 Å². The smallest absolute Gasteiger partial charge is 0.310 e. The molecule has 2 aliphatic rings. The number of nitrogens with one attached hydrogen (secondary N) is 1. The number of amides is 4. The largest absolute Gasteiger partial charge is 0.460 e. The van der Waals surface area contributed by atoms with Crippen LogP contribution >= 0.6 is 0 Å². The molecule has 0 bridgehead atoms. The molecule has 4 rings (SSSR count). The van der Waals surface area contributed by atoms with E-state index in [0.717, 1.165) is 55.0 Å². The molecule has 3 heterocycles. The van der Waals surface area contributed by atoms with Crippen LogP contribution in [0.1, 0.15) is 139 Å². The van der Waals surface area contributed by atoms with Crippen LogP contribution in [0, 0.1) is 35.5 Å². The summed E-state index contributed by atoms with van der Waals surface area (Å²) in [6.07, 6.45) is 8.94. The Morgan fingerprint density at radius 3 is 2.08 bits per heavy atom. The average Bonchev–Trinajstić information content (AvgIpc) is 4.06. The minimum absolute atomic E-state index is 0.000926. The van der Waals surface area contributed by atoms with Gasteiger partial charge < -0.3 is 29.0 Å². The monoisotopic (exact) mass is 1000 g/mol. The molecule has 0 aliphatic carbocycles. The van der Waals surface area contributed by atoms with Gasteiger partial charge in [0.15, 0.2) is 5.78 Å². The lowest BCUT2D eigenvalue weighted by atomic mass is 9.83. The van der Waals surface area contributed by atoms with Crippen LogP contribution in [0.2, 0.25) is 0 Å². The summed E-state index contributed by atoms with van der Waals surface area (Å²) in [4.78, 5) is 106. The molecule has 0 spiro atoms. The zero-order valence-corrected chi connectivity index (χ0v) is 46.2. The van der Waals surface area contributed by atoms with E-state index >= 15 is 0 Å². The highest BCUT2D eigenvalue weighted by molar-refractivity contribution is 6.12. The molecule has 1 N–H and O–H groups in total. The fourth-order valence-electron chi connectivity index (χ4n) is 11.1. The van der Waals surface area contributed by atoms with Gasteiger partial charge in [-0.2, -0.15) is 0 Å². The topological polar surface area (TPSA) is 176 Å². The minimum atomic E-state index is -0.741. The standard InChI is InChI=1S/C57H89N5O10/c1-15-38(6)53(60(12)55(68)43(36(2)3)33-47(64)52(37(4)5)59(11)28-20-16-17-21-29-62-49(65)26-27-50(62)66)48(70-13)34-51(67)61-30-22-25-45(61)54(71-14)39(7)46(63)32-40(56(69)72-57(8,9)10)31-41-35-58-44-24-19-18-23-42(41)44/h18-19,23-24,26-27,35-40,43,45,48,52-54,58H,15-17,20-22,25,28-34H2,1-14H3/t38-,39-,40+,43-,45-,48+,52-,53-,54+/m0/s1. The zero-order valence-electron chi connectivity index (χ0n) is 46.2.